The Bertz CT molecular complexity index is 602. The van der Waals surface area contributed by atoms with Crippen LogP contribution in [0.25, 0.3) is 0 Å². The van der Waals surface area contributed by atoms with Gasteiger partial charge in [-0.15, -0.1) is 0 Å². The number of ether oxygens (including phenoxy) is 3. The van der Waals surface area contributed by atoms with E-state index in [-0.39, 0.29) is 24.6 Å². The van der Waals surface area contributed by atoms with Gasteiger partial charge in [0, 0.05) is 0 Å². The molecule has 0 spiro atoms. The Morgan fingerprint density at radius 1 is 0.815 bits per heavy atom. The van der Waals surface area contributed by atoms with Gasteiger partial charge in [0.1, 0.15) is 23.3 Å². The summed E-state index contributed by atoms with van der Waals surface area (Å²) in [6, 6.07) is 1.76. The van der Waals surface area contributed by atoms with E-state index in [1.807, 2.05) is 0 Å². The number of esters is 3. The molecule has 2 unspecified atom stereocenters. The summed E-state index contributed by atoms with van der Waals surface area (Å²) in [5.41, 5.74) is 0.233. The van der Waals surface area contributed by atoms with Crippen LogP contribution >= 0.6 is 0 Å². The highest BCUT2D eigenvalue weighted by Crippen LogP contribution is 2.17. The van der Waals surface area contributed by atoms with Crippen molar-refractivity contribution in [2.45, 2.75) is 48.5 Å². The largest absolute Gasteiger partial charge is 0.466 e. The van der Waals surface area contributed by atoms with E-state index in [0.717, 1.165) is 0 Å². The summed E-state index contributed by atoms with van der Waals surface area (Å²) in [6.07, 6.45) is 0. The smallest absolute Gasteiger partial charge is 0.348 e. The molecular weight excluding hydrogens is 354 g/mol. The maximum Gasteiger partial charge on any atom is 0.348 e. The highest BCUT2D eigenvalue weighted by atomic mass is 16.5. The van der Waals surface area contributed by atoms with Crippen LogP contribution < -0.4 is 0 Å². The van der Waals surface area contributed by atoms with Crippen LogP contribution in [0.4, 0.5) is 0 Å². The van der Waals surface area contributed by atoms with Crippen molar-refractivity contribution in [3.63, 3.8) is 0 Å². The highest BCUT2D eigenvalue weighted by molar-refractivity contribution is 5.97. The van der Waals surface area contributed by atoms with Crippen LogP contribution in [-0.4, -0.2) is 43.5 Å². The van der Waals surface area contributed by atoms with E-state index >= 15 is 0 Å². The minimum absolute atomic E-state index is 0.132. The Kier molecular flexibility index (Phi) is 14.2. The summed E-state index contributed by atoms with van der Waals surface area (Å²) >= 11 is 0. The monoisotopic (exact) mass is 383 g/mol. The first-order chi connectivity index (χ1) is 12.6. The van der Waals surface area contributed by atoms with Gasteiger partial charge in [0.05, 0.1) is 25.7 Å². The Labute approximate surface area is 160 Å². The van der Waals surface area contributed by atoms with E-state index in [0.29, 0.717) is 12.2 Å². The molecule has 2 atom stereocenters. The Morgan fingerprint density at radius 2 is 1.22 bits per heavy atom. The van der Waals surface area contributed by atoms with Crippen LogP contribution in [0, 0.1) is 23.2 Å². The number of carbonyl (C=O) groups excluding carboxylic acids is 4. The molecule has 0 radical (unpaired) electrons. The second-order valence-corrected chi connectivity index (χ2v) is 5.45. The summed E-state index contributed by atoms with van der Waals surface area (Å²) in [5.74, 6) is -2.99. The number of nitriles is 1. The third kappa shape index (κ3) is 10.1. The van der Waals surface area contributed by atoms with Crippen LogP contribution in [-0.2, 0) is 33.4 Å². The fraction of sp³-hybridized carbons (Fsp3) is 0.632. The van der Waals surface area contributed by atoms with Crippen LogP contribution in [0.5, 0.6) is 0 Å². The molecule has 152 valence electrons. The average molecular weight is 383 g/mol. The van der Waals surface area contributed by atoms with E-state index in [1.165, 1.54) is 6.92 Å². The van der Waals surface area contributed by atoms with E-state index in [1.54, 1.807) is 47.6 Å². The van der Waals surface area contributed by atoms with Crippen LogP contribution in [0.2, 0.25) is 0 Å². The molecule has 8 heteroatoms. The van der Waals surface area contributed by atoms with Gasteiger partial charge in [-0.1, -0.05) is 0 Å². The average Bonchev–Trinajstić information content (AvgIpc) is 2.61. The Balaban J connectivity index is 0. The second kappa shape index (κ2) is 14.5. The lowest BCUT2D eigenvalue weighted by Crippen LogP contribution is -2.20. The number of carbonyl (C=O) groups is 4. The van der Waals surface area contributed by atoms with Crippen molar-refractivity contribution in [1.29, 1.82) is 5.26 Å². The lowest BCUT2D eigenvalue weighted by Gasteiger charge is -2.12. The van der Waals surface area contributed by atoms with E-state index in [2.05, 4.69) is 4.74 Å². The molecule has 0 amide bonds. The molecule has 0 aliphatic rings. The van der Waals surface area contributed by atoms with E-state index in [4.69, 9.17) is 14.7 Å². The number of nitrogens with zero attached hydrogens (tertiary/aromatic N) is 1. The minimum atomic E-state index is -0.705. The lowest BCUT2D eigenvalue weighted by molar-refractivity contribution is -0.150. The van der Waals surface area contributed by atoms with Crippen molar-refractivity contribution in [3.05, 3.63) is 11.1 Å². The number of ketones is 1. The lowest BCUT2D eigenvalue weighted by atomic mass is 9.98. The minimum Gasteiger partial charge on any atom is -0.466 e. The van der Waals surface area contributed by atoms with Crippen molar-refractivity contribution in [3.8, 4) is 6.07 Å². The van der Waals surface area contributed by atoms with Gasteiger partial charge in [0.25, 0.3) is 0 Å². The summed E-state index contributed by atoms with van der Waals surface area (Å²) < 4.78 is 14.2. The van der Waals surface area contributed by atoms with Gasteiger partial charge in [-0.2, -0.15) is 5.26 Å². The zero-order valence-electron chi connectivity index (χ0n) is 17.1. The highest BCUT2D eigenvalue weighted by Gasteiger charge is 2.23. The third-order valence-corrected chi connectivity index (χ3v) is 3.53. The fourth-order valence-corrected chi connectivity index (χ4v) is 1.59. The van der Waals surface area contributed by atoms with Gasteiger partial charge in [0.2, 0.25) is 0 Å². The first kappa shape index (κ1) is 26.5. The molecule has 0 aromatic rings. The van der Waals surface area contributed by atoms with Crippen LogP contribution in [0.15, 0.2) is 11.1 Å². The summed E-state index contributed by atoms with van der Waals surface area (Å²) in [7, 11) is 0. The first-order valence-electron chi connectivity index (χ1n) is 8.70. The van der Waals surface area contributed by atoms with Gasteiger partial charge < -0.3 is 14.2 Å². The molecule has 0 fully saturated rings. The zero-order chi connectivity index (χ0) is 21.6. The van der Waals surface area contributed by atoms with Gasteiger partial charge >= 0.3 is 17.9 Å². The van der Waals surface area contributed by atoms with Gasteiger partial charge in [-0.25, -0.2) is 4.79 Å². The van der Waals surface area contributed by atoms with Crippen LogP contribution in [0.3, 0.4) is 0 Å². The van der Waals surface area contributed by atoms with Crippen molar-refractivity contribution in [2.75, 3.05) is 19.8 Å². The van der Waals surface area contributed by atoms with Crippen molar-refractivity contribution < 1.29 is 33.4 Å². The molecule has 0 aromatic heterocycles. The quantitative estimate of drug-likeness (QED) is 0.206. The maximum atomic E-state index is 11.5. The summed E-state index contributed by atoms with van der Waals surface area (Å²) in [4.78, 5) is 44.2. The standard InChI is InChI=1S/C12H17NO4.C7H12O3/c1-5-16-11(14)9(4)8(3)10(7-13)12(15)17-6-2;1-4-10-7(9)5(2)6(3)8/h9H,5-6H2,1-4H3;5H,4H2,1-3H3. The normalized spacial score (nSPS) is 12.8. The summed E-state index contributed by atoms with van der Waals surface area (Å²) in [5, 5.41) is 8.89. The molecule has 0 aliphatic carbocycles. The molecule has 8 nitrogen and oxygen atoms in total. The van der Waals surface area contributed by atoms with Crippen LogP contribution in [0.1, 0.15) is 48.5 Å². The molecule has 0 N–H and O–H groups in total. The number of hydrogen-bond donors (Lipinski definition) is 0. The molecule has 0 saturated heterocycles. The number of Topliss-reactive ketones (excluding diaryl/α,β-unsaturated/α-hetero) is 1. The Hall–Kier alpha value is -2.69. The second-order valence-electron chi connectivity index (χ2n) is 5.45. The zero-order valence-corrected chi connectivity index (χ0v) is 17.1. The third-order valence-electron chi connectivity index (χ3n) is 3.53. The number of hydrogen-bond acceptors (Lipinski definition) is 8. The summed E-state index contributed by atoms with van der Waals surface area (Å²) in [6.45, 7) is 11.9. The predicted octanol–water partition coefficient (Wildman–Crippen LogP) is 2.36. The predicted molar refractivity (Wildman–Crippen MR) is 97.2 cm³/mol. The molecule has 0 heterocycles. The molecule has 0 saturated carbocycles. The van der Waals surface area contributed by atoms with Crippen molar-refractivity contribution in [2.24, 2.45) is 11.8 Å². The number of rotatable bonds is 8. The fourth-order valence-electron chi connectivity index (χ4n) is 1.59. The molecule has 0 aromatic carbocycles. The topological polar surface area (TPSA) is 120 Å². The van der Waals surface area contributed by atoms with Gasteiger partial charge in [0.15, 0.2) is 0 Å². The molecule has 0 rings (SSSR count). The van der Waals surface area contributed by atoms with Gasteiger partial charge in [-0.05, 0) is 54.0 Å². The van der Waals surface area contributed by atoms with Gasteiger partial charge in [-0.3, -0.25) is 14.4 Å². The van der Waals surface area contributed by atoms with Crippen molar-refractivity contribution >= 4 is 23.7 Å². The molecule has 0 aliphatic heterocycles. The van der Waals surface area contributed by atoms with Crippen molar-refractivity contribution in [1.82, 2.24) is 0 Å². The first-order valence-corrected chi connectivity index (χ1v) is 8.70. The van der Waals surface area contributed by atoms with E-state index in [9.17, 15) is 19.2 Å². The molecule has 27 heavy (non-hydrogen) atoms. The maximum absolute atomic E-state index is 11.5. The molecular formula is C19H29NO7. The Morgan fingerprint density at radius 3 is 1.56 bits per heavy atom. The SMILES string of the molecule is CCOC(=O)C(C#N)=C(C)C(C)C(=O)OCC.CCOC(=O)C(C)C(C)=O. The molecule has 0 bridgehead atoms. The van der Waals surface area contributed by atoms with E-state index < -0.39 is 29.7 Å².